The van der Waals surface area contributed by atoms with Crippen LogP contribution in [0, 0.1) is 26.7 Å². The number of nitrogens with one attached hydrogen (secondary N) is 1. The van der Waals surface area contributed by atoms with Gasteiger partial charge in [-0.1, -0.05) is 19.1 Å². The Hall–Kier alpha value is -1.69. The Morgan fingerprint density at radius 3 is 2.55 bits per heavy atom. The van der Waals surface area contributed by atoms with Crippen molar-refractivity contribution >= 4 is 17.1 Å². The molecule has 2 aromatic rings. The van der Waals surface area contributed by atoms with Crippen molar-refractivity contribution in [2.24, 2.45) is 5.92 Å². The monoisotopic (exact) mass is 415 g/mol. The molecule has 0 spiro atoms. The molecule has 0 amide bonds. The van der Waals surface area contributed by atoms with Crippen LogP contribution >= 0.6 is 11.3 Å². The Balaban J connectivity index is 1.64. The van der Waals surface area contributed by atoms with Gasteiger partial charge in [0.1, 0.15) is 18.5 Å². The van der Waals surface area contributed by atoms with E-state index in [4.69, 9.17) is 4.74 Å². The number of aryl methyl sites for hydroxylation is 4. The number of hydrogen-bond acceptors (Lipinski definition) is 5. The van der Waals surface area contributed by atoms with Gasteiger partial charge in [-0.15, -0.1) is 11.3 Å². The molecule has 2 atom stereocenters. The van der Waals surface area contributed by atoms with E-state index < -0.39 is 6.10 Å². The predicted octanol–water partition coefficient (Wildman–Crippen LogP) is 4.18. The Bertz CT molecular complexity index is 863. The number of ketones is 1. The van der Waals surface area contributed by atoms with E-state index in [9.17, 15) is 9.90 Å². The van der Waals surface area contributed by atoms with Crippen LogP contribution in [0.2, 0.25) is 0 Å². The zero-order valence-electron chi connectivity index (χ0n) is 18.2. The standard InChI is InChI=1S/C24H33NO3S/c1-14-8-20-17(4)29-24(21(20)9-14)22(27)7-6-18-10-15(2)23(16(3)11-18)28-13-19(26)12-25-5/h10-11,14,19,25-26H,6-9,12-13H2,1-5H3/t14-,19?/m0/s1. The molecule has 1 aliphatic rings. The largest absolute Gasteiger partial charge is 0.490 e. The highest BCUT2D eigenvalue weighted by Crippen LogP contribution is 2.38. The smallest absolute Gasteiger partial charge is 0.173 e. The molecule has 0 fully saturated rings. The molecule has 0 aliphatic heterocycles. The van der Waals surface area contributed by atoms with Gasteiger partial charge < -0.3 is 15.2 Å². The molecule has 2 N–H and O–H groups in total. The van der Waals surface area contributed by atoms with Crippen molar-refractivity contribution in [2.45, 2.75) is 59.5 Å². The Morgan fingerprint density at radius 1 is 1.24 bits per heavy atom. The molecular formula is C24H33NO3S. The number of rotatable bonds is 9. The van der Waals surface area contributed by atoms with Crippen molar-refractivity contribution in [3.05, 3.63) is 49.7 Å². The molecule has 1 aromatic carbocycles. The van der Waals surface area contributed by atoms with Crippen LogP contribution in [0.4, 0.5) is 0 Å². The average molecular weight is 416 g/mol. The van der Waals surface area contributed by atoms with Gasteiger partial charge in [0.15, 0.2) is 5.78 Å². The van der Waals surface area contributed by atoms with Gasteiger partial charge in [0.25, 0.3) is 0 Å². The molecule has 1 aliphatic carbocycles. The Labute approximate surface area is 178 Å². The quantitative estimate of drug-likeness (QED) is 0.603. The van der Waals surface area contributed by atoms with E-state index in [2.05, 4.69) is 31.3 Å². The van der Waals surface area contributed by atoms with Gasteiger partial charge in [0, 0.05) is 17.8 Å². The summed E-state index contributed by atoms with van der Waals surface area (Å²) in [6, 6.07) is 4.21. The van der Waals surface area contributed by atoms with Crippen molar-refractivity contribution < 1.29 is 14.6 Å². The maximum Gasteiger partial charge on any atom is 0.173 e. The summed E-state index contributed by atoms with van der Waals surface area (Å²) in [7, 11) is 1.81. The number of carbonyl (C=O) groups is 1. The fraction of sp³-hybridized carbons (Fsp3) is 0.542. The van der Waals surface area contributed by atoms with Gasteiger partial charge in [-0.05, 0) is 80.8 Å². The molecule has 3 rings (SSSR count). The second-order valence-electron chi connectivity index (χ2n) is 8.46. The minimum atomic E-state index is -0.533. The molecule has 5 heteroatoms. The van der Waals surface area contributed by atoms with Crippen LogP contribution < -0.4 is 10.1 Å². The lowest BCUT2D eigenvalue weighted by atomic mass is 9.99. The molecule has 29 heavy (non-hydrogen) atoms. The number of fused-ring (bicyclic) bond motifs is 1. The van der Waals surface area contributed by atoms with E-state index in [1.807, 2.05) is 20.9 Å². The number of aliphatic hydroxyl groups is 1. The Morgan fingerprint density at radius 2 is 1.90 bits per heavy atom. The van der Waals surface area contributed by atoms with Crippen molar-refractivity contribution in [3.63, 3.8) is 0 Å². The van der Waals surface area contributed by atoms with Crippen molar-refractivity contribution in [1.82, 2.24) is 5.32 Å². The summed E-state index contributed by atoms with van der Waals surface area (Å²) < 4.78 is 5.84. The van der Waals surface area contributed by atoms with Crippen LogP contribution in [-0.2, 0) is 19.3 Å². The molecule has 0 saturated carbocycles. The lowest BCUT2D eigenvalue weighted by molar-refractivity contribution is 0.0985. The first-order valence-electron chi connectivity index (χ1n) is 10.5. The van der Waals surface area contributed by atoms with E-state index in [0.29, 0.717) is 18.9 Å². The first-order chi connectivity index (χ1) is 13.8. The first kappa shape index (κ1) is 22.0. The van der Waals surface area contributed by atoms with Gasteiger partial charge in [-0.3, -0.25) is 4.79 Å². The molecule has 1 unspecified atom stereocenters. The lowest BCUT2D eigenvalue weighted by Crippen LogP contribution is -2.29. The van der Waals surface area contributed by atoms with Crippen molar-refractivity contribution in [3.8, 4) is 5.75 Å². The summed E-state index contributed by atoms with van der Waals surface area (Å²) in [5.74, 6) is 1.76. The molecule has 158 valence electrons. The van der Waals surface area contributed by atoms with Crippen LogP contribution in [0.15, 0.2) is 12.1 Å². The number of carbonyl (C=O) groups excluding carboxylic acids is 1. The molecule has 4 nitrogen and oxygen atoms in total. The minimum Gasteiger partial charge on any atom is -0.490 e. The Kier molecular flexibility index (Phi) is 7.14. The summed E-state index contributed by atoms with van der Waals surface area (Å²) in [6.07, 6.45) is 2.92. The van der Waals surface area contributed by atoms with Gasteiger partial charge in [0.05, 0.1) is 4.88 Å². The second-order valence-corrected chi connectivity index (χ2v) is 9.69. The van der Waals surface area contributed by atoms with Crippen LogP contribution in [-0.4, -0.2) is 37.2 Å². The molecule has 0 saturated heterocycles. The van der Waals surface area contributed by atoms with Gasteiger partial charge in [-0.25, -0.2) is 0 Å². The number of hydrogen-bond donors (Lipinski definition) is 2. The third kappa shape index (κ3) is 5.08. The normalized spacial score (nSPS) is 16.7. The average Bonchev–Trinajstić information content (AvgIpc) is 3.17. The molecule has 1 heterocycles. The fourth-order valence-corrected chi connectivity index (χ4v) is 5.54. The first-order valence-corrected chi connectivity index (χ1v) is 11.3. The summed E-state index contributed by atoms with van der Waals surface area (Å²) in [5.41, 5.74) is 6.01. The molecule has 0 bridgehead atoms. The highest BCUT2D eigenvalue weighted by Gasteiger charge is 2.27. The number of thiophene rings is 1. The van der Waals surface area contributed by atoms with Crippen molar-refractivity contribution in [2.75, 3.05) is 20.2 Å². The van der Waals surface area contributed by atoms with Gasteiger partial charge >= 0.3 is 0 Å². The van der Waals surface area contributed by atoms with Crippen LogP contribution in [0.5, 0.6) is 5.75 Å². The van der Waals surface area contributed by atoms with Gasteiger partial charge in [0.2, 0.25) is 0 Å². The zero-order chi connectivity index (χ0) is 21.1. The maximum atomic E-state index is 12.9. The van der Waals surface area contributed by atoms with E-state index in [0.717, 1.165) is 46.6 Å². The van der Waals surface area contributed by atoms with Crippen LogP contribution in [0.25, 0.3) is 0 Å². The number of benzene rings is 1. The highest BCUT2D eigenvalue weighted by atomic mass is 32.1. The lowest BCUT2D eigenvalue weighted by Gasteiger charge is -2.16. The fourth-order valence-electron chi connectivity index (χ4n) is 4.36. The van der Waals surface area contributed by atoms with E-state index >= 15 is 0 Å². The number of Topliss-reactive ketones (excluding diaryl/α,β-unsaturated/α-hetero) is 1. The van der Waals surface area contributed by atoms with Crippen LogP contribution in [0.3, 0.4) is 0 Å². The van der Waals surface area contributed by atoms with E-state index in [1.54, 1.807) is 11.3 Å². The summed E-state index contributed by atoms with van der Waals surface area (Å²) >= 11 is 1.69. The summed E-state index contributed by atoms with van der Waals surface area (Å²) in [5, 5.41) is 12.8. The van der Waals surface area contributed by atoms with E-state index in [1.165, 1.54) is 16.0 Å². The van der Waals surface area contributed by atoms with Crippen LogP contribution in [0.1, 0.15) is 55.7 Å². The predicted molar refractivity (Wildman–Crippen MR) is 120 cm³/mol. The second kappa shape index (κ2) is 9.41. The third-order valence-corrected chi connectivity index (χ3v) is 6.93. The third-order valence-electron chi connectivity index (χ3n) is 5.70. The number of likely N-dealkylation sites (N-methyl/N-ethyl adjacent to an activating group) is 1. The van der Waals surface area contributed by atoms with Gasteiger partial charge in [-0.2, -0.15) is 0 Å². The van der Waals surface area contributed by atoms with E-state index in [-0.39, 0.29) is 12.4 Å². The highest BCUT2D eigenvalue weighted by molar-refractivity contribution is 7.14. The summed E-state index contributed by atoms with van der Waals surface area (Å²) in [4.78, 5) is 15.2. The number of ether oxygens (including phenoxy) is 1. The molecular weight excluding hydrogens is 382 g/mol. The topological polar surface area (TPSA) is 58.6 Å². The SMILES string of the molecule is CNCC(O)COc1c(C)cc(CCC(=O)c2sc(C)c3c2C[C@@H](C)C3)cc1C. The van der Waals surface area contributed by atoms with Crippen molar-refractivity contribution in [1.29, 1.82) is 0 Å². The zero-order valence-corrected chi connectivity index (χ0v) is 19.0. The maximum absolute atomic E-state index is 12.9. The number of aliphatic hydroxyl groups excluding tert-OH is 1. The molecule has 1 aromatic heterocycles. The minimum absolute atomic E-state index is 0.265. The summed E-state index contributed by atoms with van der Waals surface area (Å²) in [6.45, 7) is 9.23. The molecule has 0 radical (unpaired) electrons.